The highest BCUT2D eigenvalue weighted by Gasteiger charge is 2.65. The predicted octanol–water partition coefficient (Wildman–Crippen LogP) is 5.66. The number of aliphatic hydroxyl groups is 1. The minimum atomic E-state index is -9.96. The standard InChI is InChI=1S/C30H35F5N4O5S2/c1-20-17-23(27(40)38-12-8-29(3,42)9-13-38)18-21(2)25(20)7-16-45(43,44)39-14-10-30(11-15-39)28(41)36-26(37-30)22-5-4-6-24(19-22)46(31,32,33,34)35/h4-7,16-19,42H,8-15H2,1-3H3,(H,36,37,41). The number of sulfonamides is 1. The Bertz CT molecular complexity index is 1750. The van der Waals surface area contributed by atoms with Crippen molar-refractivity contribution in [3.63, 3.8) is 0 Å². The van der Waals surface area contributed by atoms with Crippen molar-refractivity contribution in [1.29, 1.82) is 0 Å². The first-order valence-electron chi connectivity index (χ1n) is 14.6. The lowest BCUT2D eigenvalue weighted by Crippen LogP contribution is -2.50. The van der Waals surface area contributed by atoms with Crippen LogP contribution in [-0.2, 0) is 14.8 Å². The van der Waals surface area contributed by atoms with Gasteiger partial charge in [-0.2, -0.15) is 4.31 Å². The van der Waals surface area contributed by atoms with Gasteiger partial charge in [0.2, 0.25) is 10.0 Å². The number of hydrogen-bond acceptors (Lipinski definition) is 6. The Morgan fingerprint density at radius 3 is 2.13 bits per heavy atom. The number of carbonyl (C=O) groups is 2. The van der Waals surface area contributed by atoms with E-state index in [0.29, 0.717) is 48.2 Å². The van der Waals surface area contributed by atoms with Crippen LogP contribution in [0.15, 0.2) is 51.7 Å². The second kappa shape index (κ2) is 10.6. The van der Waals surface area contributed by atoms with Crippen LogP contribution in [0.2, 0.25) is 0 Å². The molecule has 3 aliphatic heterocycles. The third kappa shape index (κ3) is 6.99. The Kier molecular flexibility index (Phi) is 7.83. The maximum absolute atomic E-state index is 13.3. The average molecular weight is 691 g/mol. The number of aryl methyl sites for hydroxylation is 2. The number of halogens is 5. The van der Waals surface area contributed by atoms with Gasteiger partial charge in [-0.25, -0.2) is 8.42 Å². The molecule has 2 aromatic carbocycles. The topological polar surface area (TPSA) is 119 Å². The molecule has 9 nitrogen and oxygen atoms in total. The van der Waals surface area contributed by atoms with Crippen molar-refractivity contribution in [2.75, 3.05) is 26.2 Å². The molecular weight excluding hydrogens is 655 g/mol. The van der Waals surface area contributed by atoms with E-state index < -0.39 is 42.2 Å². The van der Waals surface area contributed by atoms with Gasteiger partial charge in [-0.1, -0.05) is 31.6 Å². The summed E-state index contributed by atoms with van der Waals surface area (Å²) in [5.74, 6) is -1.10. The van der Waals surface area contributed by atoms with Crippen molar-refractivity contribution in [2.24, 2.45) is 4.99 Å². The molecular formula is C30H35F5N4O5S2. The number of nitrogens with zero attached hydrogens (tertiary/aromatic N) is 3. The molecule has 2 saturated heterocycles. The molecule has 0 radical (unpaired) electrons. The lowest BCUT2D eigenvalue weighted by molar-refractivity contribution is -0.124. The van der Waals surface area contributed by atoms with E-state index in [2.05, 4.69) is 10.3 Å². The molecule has 46 heavy (non-hydrogen) atoms. The fourth-order valence-corrected chi connectivity index (χ4v) is 7.82. The molecule has 16 heteroatoms. The van der Waals surface area contributed by atoms with Crippen LogP contribution in [0.1, 0.15) is 65.2 Å². The van der Waals surface area contributed by atoms with Crippen LogP contribution in [0.25, 0.3) is 6.08 Å². The maximum Gasteiger partial charge on any atom is 0.310 e. The zero-order chi connectivity index (χ0) is 34.0. The fraction of sp³-hybridized carbons (Fsp3) is 0.433. The molecule has 0 bridgehead atoms. The first kappa shape index (κ1) is 34.0. The van der Waals surface area contributed by atoms with Gasteiger partial charge in [0.15, 0.2) is 0 Å². The molecule has 0 atom stereocenters. The Labute approximate surface area is 263 Å². The molecule has 252 valence electrons. The van der Waals surface area contributed by atoms with Crippen molar-refractivity contribution in [3.8, 4) is 0 Å². The highest BCUT2D eigenvalue weighted by Crippen LogP contribution is 3.02. The van der Waals surface area contributed by atoms with Gasteiger partial charge in [-0.15, -0.1) is 0 Å². The summed E-state index contributed by atoms with van der Waals surface area (Å²) in [7, 11) is -13.9. The van der Waals surface area contributed by atoms with Gasteiger partial charge < -0.3 is 15.3 Å². The van der Waals surface area contributed by atoms with Gasteiger partial charge in [-0.05, 0) is 93.5 Å². The molecule has 3 aliphatic rings. The van der Waals surface area contributed by atoms with Crippen molar-refractivity contribution in [1.82, 2.24) is 14.5 Å². The molecule has 5 rings (SSSR count). The molecule has 0 aliphatic carbocycles. The minimum Gasteiger partial charge on any atom is -0.390 e. The summed E-state index contributed by atoms with van der Waals surface area (Å²) in [6.45, 7) is 5.91. The monoisotopic (exact) mass is 690 g/mol. The molecule has 0 unspecified atom stereocenters. The van der Waals surface area contributed by atoms with Crippen molar-refractivity contribution < 1.29 is 42.5 Å². The van der Waals surface area contributed by atoms with Crippen LogP contribution in [0.4, 0.5) is 19.4 Å². The summed E-state index contributed by atoms with van der Waals surface area (Å²) in [5.41, 5.74) is -0.119. The summed E-state index contributed by atoms with van der Waals surface area (Å²) in [5, 5.41) is 13.6. The summed E-state index contributed by atoms with van der Waals surface area (Å²) >= 11 is 0. The molecule has 2 amide bonds. The van der Waals surface area contributed by atoms with Gasteiger partial charge in [0, 0.05) is 42.7 Å². The third-order valence-corrected chi connectivity index (χ3v) is 11.5. The number of hydrogen-bond donors (Lipinski definition) is 2. The molecule has 3 heterocycles. The van der Waals surface area contributed by atoms with E-state index in [-0.39, 0.29) is 55.4 Å². The summed E-state index contributed by atoms with van der Waals surface area (Å²) in [4.78, 5) is 29.8. The maximum atomic E-state index is 13.3. The number of likely N-dealkylation sites (tertiary alicyclic amines) is 1. The van der Waals surface area contributed by atoms with E-state index in [1.54, 1.807) is 37.8 Å². The van der Waals surface area contributed by atoms with E-state index in [0.717, 1.165) is 21.8 Å². The number of benzene rings is 2. The Balaban J connectivity index is 1.28. The second-order valence-corrected chi connectivity index (χ2v) is 16.7. The van der Waals surface area contributed by atoms with Crippen LogP contribution in [-0.4, -0.2) is 77.7 Å². The van der Waals surface area contributed by atoms with Crippen molar-refractivity contribution in [2.45, 2.75) is 62.5 Å². The lowest BCUT2D eigenvalue weighted by atomic mass is 9.89. The normalized spacial score (nSPS) is 22.0. The highest BCUT2D eigenvalue weighted by molar-refractivity contribution is 8.45. The van der Waals surface area contributed by atoms with Crippen LogP contribution in [0.3, 0.4) is 0 Å². The quantitative estimate of drug-likeness (QED) is 0.380. The molecule has 2 aromatic rings. The molecule has 1 spiro atoms. The van der Waals surface area contributed by atoms with Crippen LogP contribution in [0.5, 0.6) is 0 Å². The molecule has 0 aromatic heterocycles. The third-order valence-electron chi connectivity index (χ3n) is 8.82. The summed E-state index contributed by atoms with van der Waals surface area (Å²) < 4.78 is 94.3. The zero-order valence-corrected chi connectivity index (χ0v) is 27.0. The predicted molar refractivity (Wildman–Crippen MR) is 166 cm³/mol. The number of nitrogens with one attached hydrogen (secondary N) is 1. The van der Waals surface area contributed by atoms with Gasteiger partial charge in [0.05, 0.1) is 5.60 Å². The van der Waals surface area contributed by atoms with Crippen LogP contribution < -0.4 is 5.32 Å². The van der Waals surface area contributed by atoms with Crippen molar-refractivity contribution in [3.05, 3.63) is 69.6 Å². The molecule has 2 N–H and O–H groups in total. The average Bonchev–Trinajstić information content (AvgIpc) is 3.26. The summed E-state index contributed by atoms with van der Waals surface area (Å²) in [6.07, 6.45) is 2.25. The number of aliphatic imine (C=N–C) groups is 1. The van der Waals surface area contributed by atoms with E-state index in [1.165, 1.54) is 6.08 Å². The van der Waals surface area contributed by atoms with E-state index in [1.807, 2.05) is 0 Å². The van der Waals surface area contributed by atoms with E-state index in [4.69, 9.17) is 0 Å². The minimum absolute atomic E-state index is 0.0720. The molecule has 2 fully saturated rings. The highest BCUT2D eigenvalue weighted by atomic mass is 32.5. The van der Waals surface area contributed by atoms with Crippen LogP contribution in [0, 0.1) is 13.8 Å². The number of piperidine rings is 2. The second-order valence-electron chi connectivity index (χ2n) is 12.5. The SMILES string of the molecule is Cc1cc(C(=O)N2CCC(C)(O)CC2)cc(C)c1C=CS(=O)(=O)N1CCC2(CC1)N=C(c1cccc(S(F)(F)(F)(F)F)c1)NC2=O. The van der Waals surface area contributed by atoms with Gasteiger partial charge >= 0.3 is 10.2 Å². The summed E-state index contributed by atoms with van der Waals surface area (Å²) in [6, 6.07) is 5.82. The molecule has 0 saturated carbocycles. The van der Waals surface area contributed by atoms with Crippen LogP contribution >= 0.6 is 10.2 Å². The fourth-order valence-electron chi connectivity index (χ4n) is 5.96. The largest absolute Gasteiger partial charge is 0.390 e. The zero-order valence-electron chi connectivity index (χ0n) is 25.4. The van der Waals surface area contributed by atoms with Crippen molar-refractivity contribution >= 4 is 44.0 Å². The lowest BCUT2D eigenvalue weighted by Gasteiger charge is -2.40. The Morgan fingerprint density at radius 2 is 1.57 bits per heavy atom. The van der Waals surface area contributed by atoms with Gasteiger partial charge in [0.25, 0.3) is 11.8 Å². The number of amidine groups is 1. The number of amides is 2. The number of rotatable bonds is 6. The first-order valence-corrected chi connectivity index (χ1v) is 18.0. The van der Waals surface area contributed by atoms with E-state index in [9.17, 15) is 42.5 Å². The number of carbonyl (C=O) groups excluding carboxylic acids is 2. The first-order chi connectivity index (χ1) is 21.0. The van der Waals surface area contributed by atoms with E-state index >= 15 is 0 Å². The smallest absolute Gasteiger partial charge is 0.310 e. The Hall–Kier alpha value is -3.34. The Morgan fingerprint density at radius 1 is 0.978 bits per heavy atom. The van der Waals surface area contributed by atoms with Gasteiger partial charge in [-0.3, -0.25) is 14.6 Å². The van der Waals surface area contributed by atoms with Gasteiger partial charge in [0.1, 0.15) is 16.3 Å².